The van der Waals surface area contributed by atoms with Gasteiger partial charge in [0.05, 0.1) is 38.3 Å². The van der Waals surface area contributed by atoms with E-state index in [0.29, 0.717) is 24.0 Å². The van der Waals surface area contributed by atoms with Crippen LogP contribution < -0.4 is 14.8 Å². The lowest BCUT2D eigenvalue weighted by Crippen LogP contribution is -2.13. The Hall–Kier alpha value is -4.14. The Balaban J connectivity index is 1.35. The molecule has 34 heavy (non-hydrogen) atoms. The fraction of sp³-hybridized carbons (Fsp3) is 0.280. The maximum atomic E-state index is 13.1. The lowest BCUT2D eigenvalue weighted by molar-refractivity contribution is 0.102. The van der Waals surface area contributed by atoms with E-state index in [2.05, 4.69) is 31.9 Å². The summed E-state index contributed by atoms with van der Waals surface area (Å²) in [5.74, 6) is 2.23. The molecule has 9 heteroatoms. The predicted octanol–water partition coefficient (Wildman–Crippen LogP) is 3.97. The number of anilines is 1. The zero-order valence-electron chi connectivity index (χ0n) is 19.4. The van der Waals surface area contributed by atoms with Gasteiger partial charge in [0, 0.05) is 18.7 Å². The molecule has 0 radical (unpaired) electrons. The number of imidazole rings is 1. The summed E-state index contributed by atoms with van der Waals surface area (Å²) in [6, 6.07) is 13.6. The number of methoxy groups -OCH3 is 2. The number of fused-ring (bicyclic) bond motifs is 1. The van der Waals surface area contributed by atoms with Crippen LogP contribution in [0.25, 0.3) is 11.4 Å². The number of carbonyl (C=O) groups excluding carboxylic acids is 1. The number of carbonyl (C=O) groups is 1. The maximum absolute atomic E-state index is 13.1. The van der Waals surface area contributed by atoms with Gasteiger partial charge in [-0.1, -0.05) is 18.2 Å². The zero-order chi connectivity index (χ0) is 23.7. The Labute approximate surface area is 197 Å². The predicted molar refractivity (Wildman–Crippen MR) is 127 cm³/mol. The number of hydrogen-bond donors (Lipinski definition) is 1. The maximum Gasteiger partial charge on any atom is 0.263 e. The van der Waals surface area contributed by atoms with Crippen LogP contribution in [0.4, 0.5) is 5.82 Å². The van der Waals surface area contributed by atoms with E-state index < -0.39 is 0 Å². The lowest BCUT2D eigenvalue weighted by Gasteiger charge is -2.12. The van der Waals surface area contributed by atoms with Gasteiger partial charge in [0.25, 0.3) is 5.91 Å². The van der Waals surface area contributed by atoms with E-state index in [4.69, 9.17) is 9.47 Å². The third kappa shape index (κ3) is 4.12. The van der Waals surface area contributed by atoms with Crippen LogP contribution in [0.15, 0.2) is 54.9 Å². The van der Waals surface area contributed by atoms with Crippen molar-refractivity contribution < 1.29 is 14.3 Å². The van der Waals surface area contributed by atoms with Crippen LogP contribution in [0.1, 0.15) is 41.1 Å². The minimum atomic E-state index is -0.339. The number of benzene rings is 1. The normalized spacial score (nSPS) is 14.6. The molecule has 5 rings (SSSR count). The number of hydrogen-bond acceptors (Lipinski definition) is 6. The fourth-order valence-corrected chi connectivity index (χ4v) is 4.27. The highest BCUT2D eigenvalue weighted by Crippen LogP contribution is 2.31. The first-order valence-electron chi connectivity index (χ1n) is 11.1. The number of nitrogens with one attached hydrogen (secondary N) is 1. The van der Waals surface area contributed by atoms with Gasteiger partial charge in [-0.15, -0.1) is 5.10 Å². The highest BCUT2D eigenvalue weighted by Gasteiger charge is 2.24. The number of ether oxygens (including phenoxy) is 2. The topological polar surface area (TPSA) is 96.1 Å². The van der Waals surface area contributed by atoms with Gasteiger partial charge >= 0.3 is 0 Å². The summed E-state index contributed by atoms with van der Waals surface area (Å²) in [6.07, 6.45) is 5.57. The van der Waals surface area contributed by atoms with Crippen LogP contribution in [0.3, 0.4) is 0 Å². The highest BCUT2D eigenvalue weighted by molar-refractivity contribution is 6.05. The molecule has 4 aromatic rings. The number of aryl methyl sites for hydroxylation is 1. The number of aromatic nitrogens is 5. The van der Waals surface area contributed by atoms with E-state index in [1.807, 2.05) is 42.6 Å². The van der Waals surface area contributed by atoms with Crippen molar-refractivity contribution in [2.75, 3.05) is 19.5 Å². The molecule has 1 aliphatic rings. The SMILES string of the molecule is COc1ccc(Cn2cc(C(=O)Nc3cccc(-c4cnc5n4C(C)CC5)n3)c(OC)n2)cc1. The van der Waals surface area contributed by atoms with Crippen molar-refractivity contribution in [2.24, 2.45) is 0 Å². The van der Waals surface area contributed by atoms with Gasteiger partial charge in [-0.2, -0.15) is 0 Å². The van der Waals surface area contributed by atoms with E-state index in [-0.39, 0.29) is 11.8 Å². The van der Waals surface area contributed by atoms with E-state index in [0.717, 1.165) is 41.4 Å². The summed E-state index contributed by atoms with van der Waals surface area (Å²) in [7, 11) is 3.13. The van der Waals surface area contributed by atoms with Gasteiger partial charge in [0.1, 0.15) is 23.0 Å². The summed E-state index contributed by atoms with van der Waals surface area (Å²) in [5, 5.41) is 7.28. The van der Waals surface area contributed by atoms with Crippen LogP contribution in [0.2, 0.25) is 0 Å². The van der Waals surface area contributed by atoms with Crippen LogP contribution in [0, 0.1) is 0 Å². The summed E-state index contributed by atoms with van der Waals surface area (Å²) >= 11 is 0. The van der Waals surface area contributed by atoms with Crippen molar-refractivity contribution in [3.63, 3.8) is 0 Å². The average Bonchev–Trinajstić information content (AvgIpc) is 3.56. The minimum absolute atomic E-state index is 0.254. The third-order valence-corrected chi connectivity index (χ3v) is 6.02. The number of nitrogens with zero attached hydrogens (tertiary/aromatic N) is 5. The Morgan fingerprint density at radius 3 is 2.74 bits per heavy atom. The van der Waals surface area contributed by atoms with Crippen molar-refractivity contribution in [2.45, 2.75) is 32.4 Å². The largest absolute Gasteiger partial charge is 0.497 e. The van der Waals surface area contributed by atoms with Crippen molar-refractivity contribution in [3.05, 3.63) is 71.8 Å². The molecule has 1 atom stereocenters. The first kappa shape index (κ1) is 21.7. The van der Waals surface area contributed by atoms with E-state index in [1.54, 1.807) is 24.1 Å². The van der Waals surface area contributed by atoms with Crippen LogP contribution >= 0.6 is 0 Å². The quantitative estimate of drug-likeness (QED) is 0.450. The van der Waals surface area contributed by atoms with Crippen molar-refractivity contribution in [1.29, 1.82) is 0 Å². The van der Waals surface area contributed by atoms with Gasteiger partial charge < -0.3 is 19.4 Å². The number of amides is 1. The van der Waals surface area contributed by atoms with Gasteiger partial charge in [0.15, 0.2) is 0 Å². The van der Waals surface area contributed by atoms with E-state index >= 15 is 0 Å². The van der Waals surface area contributed by atoms with Crippen molar-refractivity contribution in [1.82, 2.24) is 24.3 Å². The van der Waals surface area contributed by atoms with Crippen molar-refractivity contribution >= 4 is 11.7 Å². The Bertz CT molecular complexity index is 1320. The molecule has 3 aromatic heterocycles. The first-order valence-corrected chi connectivity index (χ1v) is 11.1. The molecule has 9 nitrogen and oxygen atoms in total. The van der Waals surface area contributed by atoms with Crippen LogP contribution in [0.5, 0.6) is 11.6 Å². The molecule has 0 aliphatic carbocycles. The van der Waals surface area contributed by atoms with Gasteiger partial charge in [0.2, 0.25) is 5.88 Å². The number of pyridine rings is 1. The van der Waals surface area contributed by atoms with E-state index in [9.17, 15) is 4.79 Å². The monoisotopic (exact) mass is 458 g/mol. The Kier molecular flexibility index (Phi) is 5.75. The fourth-order valence-electron chi connectivity index (χ4n) is 4.27. The van der Waals surface area contributed by atoms with Crippen molar-refractivity contribution in [3.8, 4) is 23.0 Å². The zero-order valence-corrected chi connectivity index (χ0v) is 19.4. The second-order valence-corrected chi connectivity index (χ2v) is 8.28. The summed E-state index contributed by atoms with van der Waals surface area (Å²) in [5.41, 5.74) is 3.09. The summed E-state index contributed by atoms with van der Waals surface area (Å²) < 4.78 is 14.5. The molecule has 0 fully saturated rings. The minimum Gasteiger partial charge on any atom is -0.497 e. The molecule has 0 bridgehead atoms. The van der Waals surface area contributed by atoms with Gasteiger partial charge in [-0.25, -0.2) is 9.97 Å². The van der Waals surface area contributed by atoms with Crippen LogP contribution in [-0.4, -0.2) is 44.4 Å². The molecule has 0 saturated carbocycles. The Morgan fingerprint density at radius 2 is 1.97 bits per heavy atom. The molecule has 0 spiro atoms. The standard InChI is InChI=1S/C25H26N6O3/c1-16-7-12-23-26-13-21(31(16)23)20-5-4-6-22(27-20)28-24(32)19-15-30(29-25(19)34-3)14-17-8-10-18(33-2)11-9-17/h4-6,8-11,13,15-16H,7,12,14H2,1-3H3,(H,27,28,32). The first-order chi connectivity index (χ1) is 16.6. The molecule has 1 aromatic carbocycles. The molecule has 1 unspecified atom stereocenters. The molecular formula is C25H26N6O3. The van der Waals surface area contributed by atoms with Crippen LogP contribution in [-0.2, 0) is 13.0 Å². The molecule has 1 N–H and O–H groups in total. The molecule has 1 aliphatic heterocycles. The molecule has 1 amide bonds. The molecule has 0 saturated heterocycles. The molecule has 4 heterocycles. The number of rotatable bonds is 7. The highest BCUT2D eigenvalue weighted by atomic mass is 16.5. The second-order valence-electron chi connectivity index (χ2n) is 8.28. The lowest BCUT2D eigenvalue weighted by atomic mass is 10.2. The smallest absolute Gasteiger partial charge is 0.263 e. The van der Waals surface area contributed by atoms with E-state index in [1.165, 1.54) is 7.11 Å². The Morgan fingerprint density at radius 1 is 1.15 bits per heavy atom. The molecular weight excluding hydrogens is 432 g/mol. The summed E-state index contributed by atoms with van der Waals surface area (Å²) in [6.45, 7) is 2.68. The average molecular weight is 459 g/mol. The second kappa shape index (κ2) is 9.01. The molecule has 174 valence electrons. The van der Waals surface area contributed by atoms with Gasteiger partial charge in [-0.3, -0.25) is 9.48 Å². The third-order valence-electron chi connectivity index (χ3n) is 6.02. The van der Waals surface area contributed by atoms with Gasteiger partial charge in [-0.05, 0) is 43.2 Å². The summed E-state index contributed by atoms with van der Waals surface area (Å²) in [4.78, 5) is 22.3.